The van der Waals surface area contributed by atoms with Crippen LogP contribution in [0.3, 0.4) is 0 Å². The Hall–Kier alpha value is -4.01. The molecule has 166 valence electrons. The summed E-state index contributed by atoms with van der Waals surface area (Å²) in [6.07, 6.45) is 3.13. The average molecular weight is 434 g/mol. The highest BCUT2D eigenvalue weighted by Gasteiger charge is 2.16. The first-order chi connectivity index (χ1) is 15.2. The fraction of sp³-hybridized carbons (Fsp3) is 0.261. The molecule has 5 N–H and O–H groups in total. The van der Waals surface area contributed by atoms with Crippen molar-refractivity contribution in [3.8, 4) is 11.3 Å². The van der Waals surface area contributed by atoms with Crippen molar-refractivity contribution in [3.63, 3.8) is 0 Å². The molecular formula is C23H27N7O2. The molecule has 32 heavy (non-hydrogen) atoms. The van der Waals surface area contributed by atoms with Crippen molar-refractivity contribution in [1.82, 2.24) is 19.9 Å². The Bertz CT molecular complexity index is 1220. The number of rotatable bonds is 7. The lowest BCUT2D eigenvalue weighted by Gasteiger charge is -2.18. The summed E-state index contributed by atoms with van der Waals surface area (Å²) in [4.78, 5) is 38.5. The van der Waals surface area contributed by atoms with Gasteiger partial charge in [0.05, 0.1) is 11.9 Å². The smallest absolute Gasteiger partial charge is 0.273 e. The molecule has 3 rings (SSSR count). The fourth-order valence-corrected chi connectivity index (χ4v) is 3.19. The molecule has 0 radical (unpaired) electrons. The van der Waals surface area contributed by atoms with E-state index in [0.717, 1.165) is 16.6 Å². The number of nitrogens with zero attached hydrogens (tertiary/aromatic N) is 3. The molecule has 0 spiro atoms. The zero-order chi connectivity index (χ0) is 23.4. The van der Waals surface area contributed by atoms with E-state index in [1.807, 2.05) is 26.0 Å². The Morgan fingerprint density at radius 3 is 2.53 bits per heavy atom. The summed E-state index contributed by atoms with van der Waals surface area (Å²) in [6.45, 7) is 8.37. The predicted octanol–water partition coefficient (Wildman–Crippen LogP) is 3.32. The zero-order valence-corrected chi connectivity index (χ0v) is 18.6. The van der Waals surface area contributed by atoms with Gasteiger partial charge in [-0.25, -0.2) is 4.98 Å². The molecule has 0 bridgehead atoms. The predicted molar refractivity (Wildman–Crippen MR) is 125 cm³/mol. The normalized spacial score (nSPS) is 11.8. The van der Waals surface area contributed by atoms with E-state index < -0.39 is 5.91 Å². The second kappa shape index (κ2) is 9.42. The first kappa shape index (κ1) is 22.7. The van der Waals surface area contributed by atoms with Crippen molar-refractivity contribution < 1.29 is 9.59 Å². The molecule has 0 aliphatic carbocycles. The van der Waals surface area contributed by atoms with E-state index in [-0.39, 0.29) is 11.6 Å². The summed E-state index contributed by atoms with van der Waals surface area (Å²) >= 11 is 0. The number of hydrogen-bond acceptors (Lipinski definition) is 6. The van der Waals surface area contributed by atoms with Gasteiger partial charge in [-0.3, -0.25) is 20.0 Å². The lowest BCUT2D eigenvalue weighted by atomic mass is 10.1. The second-order valence-electron chi connectivity index (χ2n) is 7.39. The number of pyridine rings is 2. The SMILES string of the molecule is CCN(CC)C(=O)c1cc(-c2cc3cc(NC(=O)C(=N)/C(C)=C(/C)N)cnc3[nH]2)ccn1. The number of aromatic nitrogens is 3. The molecule has 3 heterocycles. The highest BCUT2D eigenvalue weighted by molar-refractivity contribution is 6.47. The third-order valence-electron chi connectivity index (χ3n) is 5.26. The maximum absolute atomic E-state index is 12.6. The van der Waals surface area contributed by atoms with Gasteiger partial charge in [0, 0.05) is 41.6 Å². The van der Waals surface area contributed by atoms with Gasteiger partial charge in [-0.2, -0.15) is 0 Å². The number of carbonyl (C=O) groups is 2. The van der Waals surface area contributed by atoms with E-state index in [2.05, 4.69) is 20.3 Å². The number of nitrogens with one attached hydrogen (secondary N) is 3. The number of amides is 2. The Kier molecular flexibility index (Phi) is 6.67. The van der Waals surface area contributed by atoms with Gasteiger partial charge in [0.15, 0.2) is 0 Å². The molecule has 0 aliphatic heterocycles. The summed E-state index contributed by atoms with van der Waals surface area (Å²) in [5.41, 5.74) is 9.39. The van der Waals surface area contributed by atoms with Crippen molar-refractivity contribution in [3.05, 3.63) is 53.6 Å². The van der Waals surface area contributed by atoms with E-state index in [9.17, 15) is 9.59 Å². The van der Waals surface area contributed by atoms with Gasteiger partial charge >= 0.3 is 0 Å². The lowest BCUT2D eigenvalue weighted by Crippen LogP contribution is -2.31. The van der Waals surface area contributed by atoms with E-state index in [4.69, 9.17) is 11.1 Å². The Balaban J connectivity index is 1.86. The number of anilines is 1. The summed E-state index contributed by atoms with van der Waals surface area (Å²) in [5, 5.41) is 11.4. The van der Waals surface area contributed by atoms with Crippen LogP contribution < -0.4 is 11.1 Å². The molecule has 0 saturated heterocycles. The molecule has 0 saturated carbocycles. The van der Waals surface area contributed by atoms with E-state index >= 15 is 0 Å². The molecule has 9 heteroatoms. The van der Waals surface area contributed by atoms with Crippen LogP contribution in [-0.2, 0) is 4.79 Å². The van der Waals surface area contributed by atoms with Crippen molar-refractivity contribution in [1.29, 1.82) is 5.41 Å². The average Bonchev–Trinajstić information content (AvgIpc) is 3.22. The van der Waals surface area contributed by atoms with Gasteiger partial charge in [-0.15, -0.1) is 0 Å². The summed E-state index contributed by atoms with van der Waals surface area (Å²) in [7, 11) is 0. The van der Waals surface area contributed by atoms with Gasteiger partial charge < -0.3 is 20.9 Å². The molecule has 0 fully saturated rings. The summed E-state index contributed by atoms with van der Waals surface area (Å²) in [6, 6.07) is 7.22. The van der Waals surface area contributed by atoms with Crippen LogP contribution in [0.4, 0.5) is 5.69 Å². The van der Waals surface area contributed by atoms with Crippen LogP contribution in [0.15, 0.2) is 47.9 Å². The van der Waals surface area contributed by atoms with Gasteiger partial charge in [0.1, 0.15) is 17.1 Å². The second-order valence-corrected chi connectivity index (χ2v) is 7.39. The molecule has 2 amide bonds. The van der Waals surface area contributed by atoms with E-state index in [1.54, 1.807) is 37.1 Å². The molecule has 0 aromatic carbocycles. The Morgan fingerprint density at radius 2 is 1.88 bits per heavy atom. The van der Waals surface area contributed by atoms with Crippen molar-refractivity contribution >= 4 is 34.2 Å². The number of nitrogens with two attached hydrogens (primary N) is 1. The molecule has 0 aliphatic rings. The van der Waals surface area contributed by atoms with E-state index in [0.29, 0.717) is 41.4 Å². The largest absolute Gasteiger partial charge is 0.402 e. The standard InChI is InChI=1S/C23H27N7O2/c1-5-30(6-2)23(32)19-10-15(7-8-26-19)18-11-16-9-17(12-27-21(16)29-18)28-22(31)20(25)13(3)14(4)24/h7-12,25H,5-6,24H2,1-4H3,(H,27,29)(H,28,31)/b14-13-,25-20?. The summed E-state index contributed by atoms with van der Waals surface area (Å²) < 4.78 is 0. The third kappa shape index (κ3) is 4.66. The molecule has 3 aromatic rings. The molecule has 3 aromatic heterocycles. The quantitative estimate of drug-likeness (QED) is 0.423. The topological polar surface area (TPSA) is 141 Å². The van der Waals surface area contributed by atoms with Gasteiger partial charge in [0.25, 0.3) is 11.8 Å². The van der Waals surface area contributed by atoms with Crippen LogP contribution in [0.5, 0.6) is 0 Å². The number of carbonyl (C=O) groups excluding carboxylic acids is 2. The monoisotopic (exact) mass is 433 g/mol. The number of H-pyrrole nitrogens is 1. The number of hydrogen-bond donors (Lipinski definition) is 4. The minimum Gasteiger partial charge on any atom is -0.402 e. The van der Waals surface area contributed by atoms with Crippen molar-refractivity contribution in [2.24, 2.45) is 5.73 Å². The lowest BCUT2D eigenvalue weighted by molar-refractivity contribution is -0.110. The van der Waals surface area contributed by atoms with Crippen LogP contribution in [0.1, 0.15) is 38.2 Å². The van der Waals surface area contributed by atoms with Crippen LogP contribution in [0.25, 0.3) is 22.3 Å². The maximum atomic E-state index is 12.6. The summed E-state index contributed by atoms with van der Waals surface area (Å²) in [5.74, 6) is -0.673. The van der Waals surface area contributed by atoms with Gasteiger partial charge in [-0.1, -0.05) is 0 Å². The van der Waals surface area contributed by atoms with Crippen LogP contribution in [0, 0.1) is 5.41 Å². The highest BCUT2D eigenvalue weighted by Crippen LogP contribution is 2.25. The number of aromatic amines is 1. The van der Waals surface area contributed by atoms with Crippen LogP contribution >= 0.6 is 0 Å². The van der Waals surface area contributed by atoms with E-state index in [1.165, 1.54) is 6.20 Å². The third-order valence-corrected chi connectivity index (χ3v) is 5.26. The minimum atomic E-state index is -0.558. The van der Waals surface area contributed by atoms with Gasteiger partial charge in [0.2, 0.25) is 0 Å². The highest BCUT2D eigenvalue weighted by atomic mass is 16.2. The molecule has 0 atom stereocenters. The number of fused-ring (bicyclic) bond motifs is 1. The number of allylic oxidation sites excluding steroid dienone is 1. The molecular weight excluding hydrogens is 406 g/mol. The molecule has 0 unspecified atom stereocenters. The minimum absolute atomic E-state index is 0.115. The maximum Gasteiger partial charge on any atom is 0.273 e. The van der Waals surface area contributed by atoms with Gasteiger partial charge in [-0.05, 0) is 57.5 Å². The first-order valence-corrected chi connectivity index (χ1v) is 10.3. The molecule has 9 nitrogen and oxygen atoms in total. The van der Waals surface area contributed by atoms with Crippen molar-refractivity contribution in [2.75, 3.05) is 18.4 Å². The Labute approximate surface area is 186 Å². The zero-order valence-electron chi connectivity index (χ0n) is 18.6. The van der Waals surface area contributed by atoms with Crippen molar-refractivity contribution in [2.45, 2.75) is 27.7 Å². The van der Waals surface area contributed by atoms with Crippen LogP contribution in [-0.4, -0.2) is 50.5 Å². The fourth-order valence-electron chi connectivity index (χ4n) is 3.19. The van der Waals surface area contributed by atoms with Crippen LogP contribution in [0.2, 0.25) is 0 Å². The first-order valence-electron chi connectivity index (χ1n) is 10.3. The Morgan fingerprint density at radius 1 is 1.16 bits per heavy atom.